The van der Waals surface area contributed by atoms with Gasteiger partial charge in [-0.15, -0.1) is 0 Å². The summed E-state index contributed by atoms with van der Waals surface area (Å²) in [5, 5.41) is 1.88. The van der Waals surface area contributed by atoms with E-state index in [4.69, 9.17) is 11.6 Å². The van der Waals surface area contributed by atoms with Gasteiger partial charge in [-0.3, -0.25) is 0 Å². The summed E-state index contributed by atoms with van der Waals surface area (Å²) in [7, 11) is 2.04. The molecule has 0 bridgehead atoms. The van der Waals surface area contributed by atoms with E-state index in [0.29, 0.717) is 0 Å². The predicted octanol–water partition coefficient (Wildman–Crippen LogP) is 3.60. The summed E-state index contributed by atoms with van der Waals surface area (Å²) in [5.41, 5.74) is 4.28. The van der Waals surface area contributed by atoms with Gasteiger partial charge >= 0.3 is 0 Å². The molecule has 0 aliphatic rings. The molecule has 3 nitrogen and oxygen atoms in total. The molecule has 0 saturated heterocycles. The van der Waals surface area contributed by atoms with Crippen LogP contribution in [0, 0.1) is 6.92 Å². The van der Waals surface area contributed by atoms with E-state index in [-0.39, 0.29) is 0 Å². The Labute approximate surface area is 110 Å². The van der Waals surface area contributed by atoms with Crippen LogP contribution >= 0.6 is 11.6 Å². The average molecular weight is 258 g/mol. The molecule has 0 unspecified atom stereocenters. The molecule has 90 valence electrons. The second kappa shape index (κ2) is 4.10. The molecule has 0 saturated carbocycles. The molecule has 2 aromatic heterocycles. The fourth-order valence-corrected chi connectivity index (χ4v) is 2.40. The monoisotopic (exact) mass is 257 g/mol. The van der Waals surface area contributed by atoms with Gasteiger partial charge in [0.25, 0.3) is 0 Å². The third-order valence-electron chi connectivity index (χ3n) is 3.19. The minimum atomic E-state index is 0.751. The van der Waals surface area contributed by atoms with Crippen LogP contribution in [0.3, 0.4) is 0 Å². The lowest BCUT2D eigenvalue weighted by Gasteiger charge is -2.05. The highest BCUT2D eigenvalue weighted by molar-refractivity contribution is 6.31. The molecule has 0 radical (unpaired) electrons. The molecule has 0 fully saturated rings. The van der Waals surface area contributed by atoms with Crippen LogP contribution in [-0.4, -0.2) is 14.5 Å². The summed E-state index contributed by atoms with van der Waals surface area (Å²) in [6.07, 6.45) is 3.41. The first-order valence-corrected chi connectivity index (χ1v) is 6.06. The van der Waals surface area contributed by atoms with E-state index in [1.54, 1.807) is 6.33 Å². The van der Waals surface area contributed by atoms with Gasteiger partial charge in [0, 0.05) is 40.4 Å². The van der Waals surface area contributed by atoms with E-state index in [0.717, 1.165) is 32.9 Å². The minimum absolute atomic E-state index is 0.751. The Kier molecular flexibility index (Phi) is 2.56. The Hall–Kier alpha value is -1.87. The van der Waals surface area contributed by atoms with Crippen molar-refractivity contribution in [3.8, 4) is 11.3 Å². The SMILES string of the molecule is Cc1ncncc1-c1cc2cc(Cl)ccc2n1C. The minimum Gasteiger partial charge on any atom is -0.344 e. The second-order valence-corrected chi connectivity index (χ2v) is 4.75. The van der Waals surface area contributed by atoms with Gasteiger partial charge < -0.3 is 4.57 Å². The Morgan fingerprint density at radius 1 is 1.22 bits per heavy atom. The Bertz CT molecular complexity index is 731. The van der Waals surface area contributed by atoms with Crippen molar-refractivity contribution in [3.05, 3.63) is 47.5 Å². The lowest BCUT2D eigenvalue weighted by Crippen LogP contribution is -1.95. The van der Waals surface area contributed by atoms with Crippen LogP contribution in [-0.2, 0) is 7.05 Å². The number of nitrogens with zero attached hydrogens (tertiary/aromatic N) is 3. The van der Waals surface area contributed by atoms with E-state index < -0.39 is 0 Å². The van der Waals surface area contributed by atoms with E-state index in [2.05, 4.69) is 20.6 Å². The molecule has 0 aliphatic carbocycles. The van der Waals surface area contributed by atoms with E-state index in [9.17, 15) is 0 Å². The van der Waals surface area contributed by atoms with Crippen molar-refractivity contribution in [2.45, 2.75) is 6.92 Å². The van der Waals surface area contributed by atoms with Crippen molar-refractivity contribution >= 4 is 22.5 Å². The highest BCUT2D eigenvalue weighted by Crippen LogP contribution is 2.29. The maximum Gasteiger partial charge on any atom is 0.115 e. The zero-order chi connectivity index (χ0) is 12.7. The van der Waals surface area contributed by atoms with Crippen LogP contribution < -0.4 is 0 Å². The Balaban J connectivity index is 2.31. The molecule has 1 aromatic carbocycles. The molecule has 2 heterocycles. The largest absolute Gasteiger partial charge is 0.344 e. The Morgan fingerprint density at radius 2 is 2.06 bits per heavy atom. The summed E-state index contributed by atoms with van der Waals surface area (Å²) in [4.78, 5) is 8.33. The molecular weight excluding hydrogens is 246 g/mol. The molecule has 0 amide bonds. The highest BCUT2D eigenvalue weighted by Gasteiger charge is 2.10. The molecule has 18 heavy (non-hydrogen) atoms. The summed E-state index contributed by atoms with van der Waals surface area (Å²) in [6, 6.07) is 8.02. The highest BCUT2D eigenvalue weighted by atomic mass is 35.5. The smallest absolute Gasteiger partial charge is 0.115 e. The zero-order valence-electron chi connectivity index (χ0n) is 10.2. The number of fused-ring (bicyclic) bond motifs is 1. The number of halogens is 1. The van der Waals surface area contributed by atoms with E-state index >= 15 is 0 Å². The molecule has 3 aromatic rings. The van der Waals surface area contributed by atoms with Gasteiger partial charge in [-0.2, -0.15) is 0 Å². The van der Waals surface area contributed by atoms with Crippen LogP contribution in [0.1, 0.15) is 5.69 Å². The number of aromatic nitrogens is 3. The van der Waals surface area contributed by atoms with Crippen molar-refractivity contribution in [1.82, 2.24) is 14.5 Å². The fourth-order valence-electron chi connectivity index (χ4n) is 2.22. The maximum atomic E-state index is 6.02. The van der Waals surface area contributed by atoms with E-state index in [1.807, 2.05) is 38.4 Å². The van der Waals surface area contributed by atoms with Crippen molar-refractivity contribution < 1.29 is 0 Å². The molecule has 0 atom stereocenters. The van der Waals surface area contributed by atoms with Crippen molar-refractivity contribution in [2.24, 2.45) is 7.05 Å². The molecule has 0 aliphatic heterocycles. The second-order valence-electron chi connectivity index (χ2n) is 4.31. The first-order valence-electron chi connectivity index (χ1n) is 5.69. The van der Waals surface area contributed by atoms with Gasteiger partial charge in [0.2, 0.25) is 0 Å². The number of hydrogen-bond donors (Lipinski definition) is 0. The van der Waals surface area contributed by atoms with Crippen molar-refractivity contribution in [1.29, 1.82) is 0 Å². The average Bonchev–Trinajstić information content (AvgIpc) is 2.67. The number of hydrogen-bond acceptors (Lipinski definition) is 2. The van der Waals surface area contributed by atoms with Crippen molar-refractivity contribution in [3.63, 3.8) is 0 Å². The lowest BCUT2D eigenvalue weighted by atomic mass is 10.1. The van der Waals surface area contributed by atoms with Crippen molar-refractivity contribution in [2.75, 3.05) is 0 Å². The summed E-state index contributed by atoms with van der Waals surface area (Å²) in [6.45, 7) is 1.99. The molecular formula is C14H12ClN3. The number of rotatable bonds is 1. The summed E-state index contributed by atoms with van der Waals surface area (Å²) >= 11 is 6.02. The lowest BCUT2D eigenvalue weighted by molar-refractivity contribution is 0.967. The van der Waals surface area contributed by atoms with Gasteiger partial charge in [-0.25, -0.2) is 9.97 Å². The van der Waals surface area contributed by atoms with Crippen LogP contribution in [0.5, 0.6) is 0 Å². The molecule has 4 heteroatoms. The van der Waals surface area contributed by atoms with Gasteiger partial charge in [-0.05, 0) is 31.2 Å². The zero-order valence-corrected chi connectivity index (χ0v) is 10.9. The quantitative estimate of drug-likeness (QED) is 0.667. The fraction of sp³-hybridized carbons (Fsp3) is 0.143. The van der Waals surface area contributed by atoms with Gasteiger partial charge in [0.1, 0.15) is 6.33 Å². The number of aryl methyl sites for hydroxylation is 2. The first kappa shape index (κ1) is 11.2. The predicted molar refractivity (Wildman–Crippen MR) is 73.7 cm³/mol. The topological polar surface area (TPSA) is 30.7 Å². The third-order valence-corrected chi connectivity index (χ3v) is 3.43. The summed E-state index contributed by atoms with van der Waals surface area (Å²) < 4.78 is 2.14. The van der Waals surface area contributed by atoms with E-state index in [1.165, 1.54) is 0 Å². The summed E-state index contributed by atoms with van der Waals surface area (Å²) in [5.74, 6) is 0. The van der Waals surface area contributed by atoms with Crippen LogP contribution in [0.25, 0.3) is 22.2 Å². The molecule has 0 spiro atoms. The standard InChI is InChI=1S/C14H12ClN3/c1-9-12(7-16-8-17-9)14-6-10-5-11(15)3-4-13(10)18(14)2/h3-8H,1-2H3. The first-order chi connectivity index (χ1) is 8.66. The number of benzene rings is 1. The Morgan fingerprint density at radius 3 is 2.83 bits per heavy atom. The maximum absolute atomic E-state index is 6.02. The normalized spacial score (nSPS) is 11.1. The van der Waals surface area contributed by atoms with Crippen LogP contribution in [0.15, 0.2) is 36.8 Å². The molecule has 0 N–H and O–H groups in total. The molecule has 3 rings (SSSR count). The van der Waals surface area contributed by atoms with Gasteiger partial charge in [-0.1, -0.05) is 11.6 Å². The third kappa shape index (κ3) is 1.68. The van der Waals surface area contributed by atoms with Gasteiger partial charge in [0.15, 0.2) is 0 Å². The van der Waals surface area contributed by atoms with Crippen LogP contribution in [0.4, 0.5) is 0 Å². The van der Waals surface area contributed by atoms with Gasteiger partial charge in [0.05, 0.1) is 5.69 Å². The van der Waals surface area contributed by atoms with Crippen LogP contribution in [0.2, 0.25) is 5.02 Å².